The predicted octanol–water partition coefficient (Wildman–Crippen LogP) is 12.0. The fourth-order valence-corrected chi connectivity index (χ4v) is 6.60. The first-order chi connectivity index (χ1) is 26.7. The van der Waals surface area contributed by atoms with Crippen LogP contribution in [0.15, 0.2) is 200 Å². The molecule has 0 saturated carbocycles. The van der Waals surface area contributed by atoms with Gasteiger partial charge in [0.2, 0.25) is 0 Å². The highest BCUT2D eigenvalue weighted by Gasteiger charge is 2.13. The van der Waals surface area contributed by atoms with E-state index in [1.807, 2.05) is 97.2 Å². The molecule has 5 heteroatoms. The molecule has 0 saturated heterocycles. The van der Waals surface area contributed by atoms with Crippen molar-refractivity contribution in [3.05, 3.63) is 200 Å². The number of hydrogen-bond donors (Lipinski definition) is 0. The van der Waals surface area contributed by atoms with Crippen LogP contribution in [0.3, 0.4) is 0 Å². The summed E-state index contributed by atoms with van der Waals surface area (Å²) in [5, 5.41) is 0. The molecule has 9 aromatic rings. The van der Waals surface area contributed by atoms with Crippen LogP contribution >= 0.6 is 0 Å². The van der Waals surface area contributed by atoms with E-state index < -0.39 is 0 Å². The van der Waals surface area contributed by atoms with Crippen LogP contribution in [0.5, 0.6) is 0 Å². The van der Waals surface area contributed by atoms with Crippen LogP contribution in [-0.2, 0) is 0 Å². The first kappa shape index (κ1) is 32.5. The number of benzene rings is 5. The smallest absolute Gasteiger partial charge is 0.160 e. The Bertz CT molecular complexity index is 2360. The van der Waals surface area contributed by atoms with Crippen LogP contribution in [0.1, 0.15) is 0 Å². The van der Waals surface area contributed by atoms with Gasteiger partial charge in [0.1, 0.15) is 0 Å². The van der Waals surface area contributed by atoms with Crippen molar-refractivity contribution in [2.45, 2.75) is 0 Å². The minimum atomic E-state index is 0.705. The summed E-state index contributed by atoms with van der Waals surface area (Å²) < 4.78 is 0. The van der Waals surface area contributed by atoms with Crippen molar-refractivity contribution in [2.75, 3.05) is 0 Å². The largest absolute Gasteiger partial charge is 0.255 e. The Kier molecular flexibility index (Phi) is 8.86. The maximum Gasteiger partial charge on any atom is 0.160 e. The van der Waals surface area contributed by atoms with Gasteiger partial charge < -0.3 is 0 Å². The van der Waals surface area contributed by atoms with Crippen LogP contribution in [0, 0.1) is 0 Å². The third kappa shape index (κ3) is 6.94. The Morgan fingerprint density at radius 1 is 0.241 bits per heavy atom. The Morgan fingerprint density at radius 2 is 0.741 bits per heavy atom. The number of rotatable bonds is 8. The van der Waals surface area contributed by atoms with Crippen LogP contribution in [-0.4, -0.2) is 24.9 Å². The first-order valence-corrected chi connectivity index (χ1v) is 17.9. The fourth-order valence-electron chi connectivity index (χ4n) is 6.60. The van der Waals surface area contributed by atoms with E-state index in [2.05, 4.69) is 102 Å². The molecule has 254 valence electrons. The van der Waals surface area contributed by atoms with Crippen molar-refractivity contribution in [1.29, 1.82) is 0 Å². The third-order valence-corrected chi connectivity index (χ3v) is 9.42. The molecular weight excluding hydrogens is 659 g/mol. The average molecular weight is 692 g/mol. The Labute approximate surface area is 314 Å². The third-order valence-electron chi connectivity index (χ3n) is 9.42. The maximum absolute atomic E-state index is 5.00. The lowest BCUT2D eigenvalue weighted by Crippen LogP contribution is -1.95. The van der Waals surface area contributed by atoms with Crippen molar-refractivity contribution in [3.63, 3.8) is 0 Å². The predicted molar refractivity (Wildman–Crippen MR) is 219 cm³/mol. The number of aromatic nitrogens is 5. The summed E-state index contributed by atoms with van der Waals surface area (Å²) in [6.45, 7) is 0. The van der Waals surface area contributed by atoms with Gasteiger partial charge in [-0.2, -0.15) is 0 Å². The second-order valence-electron chi connectivity index (χ2n) is 13.0. The fraction of sp³-hybridized carbons (Fsp3) is 0. The zero-order valence-electron chi connectivity index (χ0n) is 29.3. The number of pyridine rings is 3. The lowest BCUT2D eigenvalue weighted by atomic mass is 9.98. The molecule has 5 aromatic carbocycles. The van der Waals surface area contributed by atoms with E-state index in [0.29, 0.717) is 5.82 Å². The molecule has 0 fully saturated rings. The van der Waals surface area contributed by atoms with Crippen LogP contribution in [0.25, 0.3) is 90.1 Å². The number of nitrogens with zero attached hydrogens (tertiary/aromatic N) is 5. The van der Waals surface area contributed by atoms with Gasteiger partial charge in [-0.3, -0.25) is 9.97 Å². The van der Waals surface area contributed by atoms with Crippen LogP contribution < -0.4 is 0 Å². The van der Waals surface area contributed by atoms with Gasteiger partial charge in [0.25, 0.3) is 0 Å². The Hall–Kier alpha value is -7.37. The van der Waals surface area contributed by atoms with Gasteiger partial charge in [0, 0.05) is 34.6 Å². The van der Waals surface area contributed by atoms with E-state index in [1.165, 1.54) is 0 Å². The molecule has 0 unspecified atom stereocenters. The van der Waals surface area contributed by atoms with Gasteiger partial charge in [0.05, 0.1) is 34.2 Å². The highest BCUT2D eigenvalue weighted by Crippen LogP contribution is 2.33. The number of hydrogen-bond acceptors (Lipinski definition) is 5. The molecule has 0 bridgehead atoms. The molecule has 4 aromatic heterocycles. The highest BCUT2D eigenvalue weighted by molar-refractivity contribution is 5.78. The van der Waals surface area contributed by atoms with Crippen molar-refractivity contribution in [2.24, 2.45) is 0 Å². The molecule has 0 aliphatic carbocycles. The highest BCUT2D eigenvalue weighted by atomic mass is 14.9. The summed E-state index contributed by atoms with van der Waals surface area (Å²) in [5.41, 5.74) is 14.6. The quantitative estimate of drug-likeness (QED) is 0.159. The van der Waals surface area contributed by atoms with Crippen molar-refractivity contribution >= 4 is 0 Å². The zero-order valence-corrected chi connectivity index (χ0v) is 29.3. The minimum absolute atomic E-state index is 0.705. The van der Waals surface area contributed by atoms with E-state index >= 15 is 0 Å². The second kappa shape index (κ2) is 14.7. The van der Waals surface area contributed by atoms with Crippen molar-refractivity contribution < 1.29 is 0 Å². The lowest BCUT2D eigenvalue weighted by Gasteiger charge is -2.11. The summed E-state index contributed by atoms with van der Waals surface area (Å²) >= 11 is 0. The summed E-state index contributed by atoms with van der Waals surface area (Å²) in [4.78, 5) is 24.4. The van der Waals surface area contributed by atoms with Gasteiger partial charge in [-0.1, -0.05) is 146 Å². The Morgan fingerprint density at radius 3 is 1.35 bits per heavy atom. The molecule has 0 spiro atoms. The van der Waals surface area contributed by atoms with E-state index in [0.717, 1.165) is 84.2 Å². The molecule has 0 aliphatic heterocycles. The monoisotopic (exact) mass is 691 g/mol. The second-order valence-corrected chi connectivity index (χ2v) is 13.0. The van der Waals surface area contributed by atoms with Gasteiger partial charge >= 0.3 is 0 Å². The van der Waals surface area contributed by atoms with Gasteiger partial charge in [-0.05, 0) is 70.3 Å². The van der Waals surface area contributed by atoms with Crippen LogP contribution in [0.4, 0.5) is 0 Å². The maximum atomic E-state index is 5.00. The lowest BCUT2D eigenvalue weighted by molar-refractivity contribution is 1.18. The molecule has 0 amide bonds. The summed E-state index contributed by atoms with van der Waals surface area (Å²) in [5.74, 6) is 0.705. The zero-order chi connectivity index (χ0) is 36.1. The normalized spacial score (nSPS) is 11.0. The molecular formula is C49H33N5. The van der Waals surface area contributed by atoms with Crippen LogP contribution in [0.2, 0.25) is 0 Å². The average Bonchev–Trinajstić information content (AvgIpc) is 3.27. The summed E-state index contributed by atoms with van der Waals surface area (Å²) in [7, 11) is 0. The standard InChI is InChI=1S/C49H33N5/c1-4-13-34(14-5-1)42-30-47(43-21-10-11-28-50-43)52-48(31-42)44-27-26-41(33-51-44)40-20-12-19-39(29-40)35-22-24-37(25-23-35)46-32-45(36-15-6-2-7-16-36)53-49(54-46)38-17-8-3-9-18-38/h1-33H. The topological polar surface area (TPSA) is 64.5 Å². The van der Waals surface area contributed by atoms with E-state index in [1.54, 1.807) is 6.20 Å². The molecule has 0 radical (unpaired) electrons. The van der Waals surface area contributed by atoms with E-state index in [-0.39, 0.29) is 0 Å². The minimum Gasteiger partial charge on any atom is -0.255 e. The molecule has 5 nitrogen and oxygen atoms in total. The molecule has 0 N–H and O–H groups in total. The molecule has 4 heterocycles. The van der Waals surface area contributed by atoms with Gasteiger partial charge in [0.15, 0.2) is 5.82 Å². The van der Waals surface area contributed by atoms with Gasteiger partial charge in [-0.25, -0.2) is 15.0 Å². The van der Waals surface area contributed by atoms with Crippen molar-refractivity contribution in [3.8, 4) is 90.1 Å². The summed E-state index contributed by atoms with van der Waals surface area (Å²) in [6.07, 6.45) is 3.72. The van der Waals surface area contributed by atoms with E-state index in [9.17, 15) is 0 Å². The molecule has 0 atom stereocenters. The molecule has 54 heavy (non-hydrogen) atoms. The summed E-state index contributed by atoms with van der Waals surface area (Å²) in [6, 6.07) is 64.2. The SMILES string of the molecule is c1ccc(-c2cc(-c3ccccn3)nc(-c3ccc(-c4cccc(-c5ccc(-c6cc(-c7ccccc7)nc(-c7ccccc7)n6)cc5)c4)cn3)c2)cc1. The first-order valence-electron chi connectivity index (χ1n) is 17.9. The van der Waals surface area contributed by atoms with Crippen molar-refractivity contribution in [1.82, 2.24) is 24.9 Å². The van der Waals surface area contributed by atoms with Gasteiger partial charge in [-0.15, -0.1) is 0 Å². The molecule has 0 aliphatic rings. The Balaban J connectivity index is 1.00. The van der Waals surface area contributed by atoms with E-state index in [4.69, 9.17) is 19.9 Å². The molecule has 9 rings (SSSR count).